The van der Waals surface area contributed by atoms with Gasteiger partial charge in [0, 0.05) is 12.0 Å². The standard InChI is InChI=1S/C17H14N2O3/c20-13-6-4-11(5-7-13)8-17(22)16-10-15(18-19-16)12-2-1-3-14(21)9-12/h1-7,9-10,20-21H,8H2,(H,18,19). The van der Waals surface area contributed by atoms with Gasteiger partial charge in [0.2, 0.25) is 0 Å². The number of ketones is 1. The third kappa shape index (κ3) is 2.98. The molecule has 0 aliphatic rings. The molecule has 0 saturated heterocycles. The van der Waals surface area contributed by atoms with Crippen LogP contribution in [0, 0.1) is 0 Å². The molecule has 0 aliphatic carbocycles. The molecule has 1 heterocycles. The lowest BCUT2D eigenvalue weighted by atomic mass is 10.1. The highest BCUT2D eigenvalue weighted by atomic mass is 16.3. The van der Waals surface area contributed by atoms with Crippen molar-refractivity contribution in [2.45, 2.75) is 6.42 Å². The van der Waals surface area contributed by atoms with Crippen LogP contribution >= 0.6 is 0 Å². The molecule has 110 valence electrons. The van der Waals surface area contributed by atoms with Gasteiger partial charge in [-0.2, -0.15) is 5.10 Å². The topological polar surface area (TPSA) is 86.2 Å². The zero-order valence-corrected chi connectivity index (χ0v) is 11.7. The van der Waals surface area contributed by atoms with Crippen LogP contribution in [-0.2, 0) is 6.42 Å². The van der Waals surface area contributed by atoms with E-state index in [1.165, 1.54) is 0 Å². The molecule has 0 radical (unpaired) electrons. The third-order valence-corrected chi connectivity index (χ3v) is 3.32. The molecular formula is C17H14N2O3. The van der Waals surface area contributed by atoms with Gasteiger partial charge in [0.05, 0.1) is 5.69 Å². The average Bonchev–Trinajstić information content (AvgIpc) is 3.00. The molecule has 22 heavy (non-hydrogen) atoms. The van der Waals surface area contributed by atoms with E-state index in [1.807, 2.05) is 6.07 Å². The van der Waals surface area contributed by atoms with Crippen LogP contribution in [0.4, 0.5) is 0 Å². The number of hydrogen-bond donors (Lipinski definition) is 3. The number of nitrogens with one attached hydrogen (secondary N) is 1. The Hall–Kier alpha value is -3.08. The minimum absolute atomic E-state index is 0.0930. The Labute approximate surface area is 126 Å². The Morgan fingerprint density at radius 2 is 1.77 bits per heavy atom. The first-order chi connectivity index (χ1) is 10.6. The lowest BCUT2D eigenvalue weighted by Gasteiger charge is -1.99. The number of Topliss-reactive ketones (excluding diaryl/α,β-unsaturated/α-hetero) is 1. The molecule has 0 spiro atoms. The van der Waals surface area contributed by atoms with Crippen molar-refractivity contribution >= 4 is 5.78 Å². The number of H-pyrrole nitrogens is 1. The van der Waals surface area contributed by atoms with Gasteiger partial charge >= 0.3 is 0 Å². The number of aromatic hydroxyl groups is 2. The van der Waals surface area contributed by atoms with E-state index in [0.29, 0.717) is 11.4 Å². The van der Waals surface area contributed by atoms with E-state index in [1.54, 1.807) is 48.5 Å². The summed E-state index contributed by atoms with van der Waals surface area (Å²) in [6.07, 6.45) is 0.224. The van der Waals surface area contributed by atoms with Gasteiger partial charge in [-0.1, -0.05) is 24.3 Å². The summed E-state index contributed by atoms with van der Waals surface area (Å²) in [5.74, 6) is 0.228. The van der Waals surface area contributed by atoms with Crippen molar-refractivity contribution in [1.82, 2.24) is 10.2 Å². The highest BCUT2D eigenvalue weighted by molar-refractivity contribution is 5.96. The number of phenolic OH excluding ortho intramolecular Hbond substituents is 2. The lowest BCUT2D eigenvalue weighted by Crippen LogP contribution is -2.03. The summed E-state index contributed by atoms with van der Waals surface area (Å²) in [5.41, 5.74) is 2.56. The summed E-state index contributed by atoms with van der Waals surface area (Å²) in [6.45, 7) is 0. The highest BCUT2D eigenvalue weighted by Gasteiger charge is 2.12. The molecule has 0 saturated carbocycles. The normalized spacial score (nSPS) is 10.5. The second-order valence-electron chi connectivity index (χ2n) is 4.98. The SMILES string of the molecule is O=C(Cc1ccc(O)cc1)c1cc(-c2cccc(O)c2)n[nH]1. The maximum absolute atomic E-state index is 12.2. The smallest absolute Gasteiger partial charge is 0.184 e. The number of carbonyl (C=O) groups excluding carboxylic acids is 1. The number of aromatic amines is 1. The Kier molecular flexibility index (Phi) is 3.62. The molecule has 0 fully saturated rings. The maximum Gasteiger partial charge on any atom is 0.184 e. The molecule has 0 aliphatic heterocycles. The first-order valence-electron chi connectivity index (χ1n) is 6.78. The van der Waals surface area contributed by atoms with Crippen LogP contribution in [0.2, 0.25) is 0 Å². The molecule has 5 nitrogen and oxygen atoms in total. The van der Waals surface area contributed by atoms with Crippen molar-refractivity contribution in [3.8, 4) is 22.8 Å². The zero-order chi connectivity index (χ0) is 15.5. The van der Waals surface area contributed by atoms with E-state index in [4.69, 9.17) is 0 Å². The Morgan fingerprint density at radius 1 is 1.00 bits per heavy atom. The van der Waals surface area contributed by atoms with Gasteiger partial charge in [-0.3, -0.25) is 9.89 Å². The quantitative estimate of drug-likeness (QED) is 0.646. The zero-order valence-electron chi connectivity index (χ0n) is 11.7. The second kappa shape index (κ2) is 5.73. The van der Waals surface area contributed by atoms with E-state index >= 15 is 0 Å². The first kappa shape index (κ1) is 13.9. The molecule has 0 amide bonds. The molecule has 0 atom stereocenters. The number of phenols is 2. The summed E-state index contributed by atoms with van der Waals surface area (Å²) in [4.78, 5) is 12.2. The van der Waals surface area contributed by atoms with Crippen LogP contribution in [-0.4, -0.2) is 26.2 Å². The summed E-state index contributed by atoms with van der Waals surface area (Å²) < 4.78 is 0. The highest BCUT2D eigenvalue weighted by Crippen LogP contribution is 2.22. The van der Waals surface area contributed by atoms with Crippen LogP contribution in [0.1, 0.15) is 16.1 Å². The maximum atomic E-state index is 12.2. The van der Waals surface area contributed by atoms with E-state index < -0.39 is 0 Å². The number of aromatic nitrogens is 2. The largest absolute Gasteiger partial charge is 0.508 e. The predicted molar refractivity (Wildman–Crippen MR) is 81.8 cm³/mol. The van der Waals surface area contributed by atoms with Gasteiger partial charge in [0.1, 0.15) is 17.2 Å². The fraction of sp³-hybridized carbons (Fsp3) is 0.0588. The fourth-order valence-corrected chi connectivity index (χ4v) is 2.17. The van der Waals surface area contributed by atoms with Crippen molar-refractivity contribution < 1.29 is 15.0 Å². The molecule has 2 aromatic carbocycles. The minimum Gasteiger partial charge on any atom is -0.508 e. The van der Waals surface area contributed by atoms with Crippen LogP contribution in [0.3, 0.4) is 0 Å². The lowest BCUT2D eigenvalue weighted by molar-refractivity contribution is 0.0988. The fourth-order valence-electron chi connectivity index (χ4n) is 2.17. The summed E-state index contributed by atoms with van der Waals surface area (Å²) in [6, 6.07) is 14.9. The molecule has 1 aromatic heterocycles. The Balaban J connectivity index is 1.78. The van der Waals surface area contributed by atoms with Crippen molar-refractivity contribution in [2.24, 2.45) is 0 Å². The Morgan fingerprint density at radius 3 is 2.50 bits per heavy atom. The van der Waals surface area contributed by atoms with Crippen LogP contribution < -0.4 is 0 Å². The van der Waals surface area contributed by atoms with Crippen LogP contribution in [0.25, 0.3) is 11.3 Å². The number of rotatable bonds is 4. The number of nitrogens with zero attached hydrogens (tertiary/aromatic N) is 1. The summed E-state index contributed by atoms with van der Waals surface area (Å²) >= 11 is 0. The van der Waals surface area contributed by atoms with Gasteiger partial charge in [-0.15, -0.1) is 0 Å². The number of hydrogen-bond acceptors (Lipinski definition) is 4. The van der Waals surface area contributed by atoms with Gasteiger partial charge in [0.25, 0.3) is 0 Å². The molecule has 0 bridgehead atoms. The monoisotopic (exact) mass is 294 g/mol. The van der Waals surface area contributed by atoms with Gasteiger partial charge in [-0.25, -0.2) is 0 Å². The van der Waals surface area contributed by atoms with Gasteiger partial charge in [0.15, 0.2) is 5.78 Å². The van der Waals surface area contributed by atoms with E-state index in [-0.39, 0.29) is 23.7 Å². The summed E-state index contributed by atoms with van der Waals surface area (Å²) in [7, 11) is 0. The molecular weight excluding hydrogens is 280 g/mol. The van der Waals surface area contributed by atoms with Crippen LogP contribution in [0.15, 0.2) is 54.6 Å². The van der Waals surface area contributed by atoms with E-state index in [0.717, 1.165) is 11.1 Å². The molecule has 0 unspecified atom stereocenters. The first-order valence-corrected chi connectivity index (χ1v) is 6.78. The van der Waals surface area contributed by atoms with Crippen molar-refractivity contribution in [2.75, 3.05) is 0 Å². The van der Waals surface area contributed by atoms with Gasteiger partial charge < -0.3 is 10.2 Å². The summed E-state index contributed by atoms with van der Waals surface area (Å²) in [5, 5.41) is 25.6. The molecule has 3 N–H and O–H groups in total. The molecule has 3 rings (SSSR count). The van der Waals surface area contributed by atoms with E-state index in [2.05, 4.69) is 10.2 Å². The van der Waals surface area contributed by atoms with Crippen molar-refractivity contribution in [3.63, 3.8) is 0 Å². The van der Waals surface area contributed by atoms with Crippen molar-refractivity contribution in [1.29, 1.82) is 0 Å². The van der Waals surface area contributed by atoms with Crippen molar-refractivity contribution in [3.05, 3.63) is 65.9 Å². The molecule has 5 heteroatoms. The van der Waals surface area contributed by atoms with Crippen LogP contribution in [0.5, 0.6) is 11.5 Å². The Bertz CT molecular complexity index is 807. The predicted octanol–water partition coefficient (Wildman–Crippen LogP) is 2.91. The van der Waals surface area contributed by atoms with E-state index in [9.17, 15) is 15.0 Å². The average molecular weight is 294 g/mol. The second-order valence-corrected chi connectivity index (χ2v) is 4.98. The number of benzene rings is 2. The van der Waals surface area contributed by atoms with Gasteiger partial charge in [-0.05, 0) is 35.9 Å². The minimum atomic E-state index is -0.0930. The third-order valence-electron chi connectivity index (χ3n) is 3.32. The molecule has 3 aromatic rings. The number of carbonyl (C=O) groups is 1.